The molecule has 1 saturated carbocycles. The van der Waals surface area contributed by atoms with Gasteiger partial charge in [-0.2, -0.15) is 5.10 Å². The second-order valence-electron chi connectivity index (χ2n) is 5.62. The molecule has 1 amide bonds. The van der Waals surface area contributed by atoms with Gasteiger partial charge in [-0.15, -0.1) is 0 Å². The number of carbonyl (C=O) groups excluding carboxylic acids is 1. The minimum Gasteiger partial charge on any atom is -0.389 e. The van der Waals surface area contributed by atoms with Crippen LogP contribution in [0.15, 0.2) is 6.20 Å². The van der Waals surface area contributed by atoms with Gasteiger partial charge in [0.15, 0.2) is 0 Å². The fourth-order valence-electron chi connectivity index (χ4n) is 2.50. The van der Waals surface area contributed by atoms with Crippen LogP contribution < -0.4 is 0 Å². The molecule has 1 aromatic heterocycles. The van der Waals surface area contributed by atoms with Crippen LogP contribution in [0.5, 0.6) is 0 Å². The molecular formula is C13H19N3O2. The van der Waals surface area contributed by atoms with Crippen molar-refractivity contribution in [3.05, 3.63) is 17.5 Å². The van der Waals surface area contributed by atoms with Gasteiger partial charge in [-0.3, -0.25) is 9.48 Å². The van der Waals surface area contributed by atoms with Gasteiger partial charge in [-0.05, 0) is 26.7 Å². The van der Waals surface area contributed by atoms with Crippen molar-refractivity contribution in [1.29, 1.82) is 0 Å². The average molecular weight is 249 g/mol. The molecule has 1 aliphatic carbocycles. The van der Waals surface area contributed by atoms with Crippen molar-refractivity contribution in [3.8, 4) is 0 Å². The maximum absolute atomic E-state index is 12.3. The predicted molar refractivity (Wildman–Crippen MR) is 66.5 cm³/mol. The molecule has 2 heterocycles. The zero-order chi connectivity index (χ0) is 12.9. The first-order valence-corrected chi connectivity index (χ1v) is 6.62. The van der Waals surface area contributed by atoms with Gasteiger partial charge in [-0.25, -0.2) is 0 Å². The summed E-state index contributed by atoms with van der Waals surface area (Å²) in [6.45, 7) is 5.08. The van der Waals surface area contributed by atoms with Crippen LogP contribution in [-0.2, 0) is 0 Å². The number of aliphatic hydroxyl groups is 1. The first-order chi connectivity index (χ1) is 8.58. The number of β-amino-alcohol motifs (C(OH)–C–C–N with tert-alkyl or cyclic N) is 1. The standard InChI is InChI=1S/C13H19N3O2/c1-8(2)16-12(9-3-4-9)11(5-14-16)13(18)15-6-10(17)7-15/h5,8-10,17H,3-4,6-7H2,1-2H3. The molecule has 98 valence electrons. The summed E-state index contributed by atoms with van der Waals surface area (Å²) in [5.74, 6) is 0.522. The summed E-state index contributed by atoms with van der Waals surface area (Å²) in [6, 6.07) is 0.282. The van der Waals surface area contributed by atoms with E-state index in [4.69, 9.17) is 0 Å². The Morgan fingerprint density at radius 1 is 1.44 bits per heavy atom. The van der Waals surface area contributed by atoms with Crippen LogP contribution in [0.2, 0.25) is 0 Å². The van der Waals surface area contributed by atoms with E-state index >= 15 is 0 Å². The molecule has 1 N–H and O–H groups in total. The molecule has 0 unspecified atom stereocenters. The molecule has 0 radical (unpaired) electrons. The van der Waals surface area contributed by atoms with Gasteiger partial charge in [0, 0.05) is 25.0 Å². The van der Waals surface area contributed by atoms with Gasteiger partial charge in [0.2, 0.25) is 0 Å². The topological polar surface area (TPSA) is 58.4 Å². The molecule has 0 bridgehead atoms. The zero-order valence-electron chi connectivity index (χ0n) is 10.8. The lowest BCUT2D eigenvalue weighted by Crippen LogP contribution is -2.53. The Morgan fingerprint density at radius 2 is 2.11 bits per heavy atom. The van der Waals surface area contributed by atoms with Crippen LogP contribution >= 0.6 is 0 Å². The molecule has 3 rings (SSSR count). The first kappa shape index (κ1) is 11.7. The van der Waals surface area contributed by atoms with Gasteiger partial charge < -0.3 is 10.0 Å². The third-order valence-corrected chi connectivity index (χ3v) is 3.67. The Morgan fingerprint density at radius 3 is 2.61 bits per heavy atom. The van der Waals surface area contributed by atoms with Crippen molar-refractivity contribution in [1.82, 2.24) is 14.7 Å². The number of amides is 1. The Bertz CT molecular complexity index is 471. The molecular weight excluding hydrogens is 230 g/mol. The highest BCUT2D eigenvalue weighted by Gasteiger charge is 2.37. The summed E-state index contributed by atoms with van der Waals surface area (Å²) in [7, 11) is 0. The van der Waals surface area contributed by atoms with Gasteiger partial charge in [-0.1, -0.05) is 0 Å². The number of hydrogen-bond acceptors (Lipinski definition) is 3. The van der Waals surface area contributed by atoms with E-state index in [1.165, 1.54) is 0 Å². The van der Waals surface area contributed by atoms with Crippen LogP contribution in [0.25, 0.3) is 0 Å². The van der Waals surface area contributed by atoms with Crippen LogP contribution in [0.3, 0.4) is 0 Å². The summed E-state index contributed by atoms with van der Waals surface area (Å²) in [4.78, 5) is 14.0. The second kappa shape index (κ2) is 4.09. The SMILES string of the molecule is CC(C)n1ncc(C(=O)N2CC(O)C2)c1C1CC1. The van der Waals surface area contributed by atoms with E-state index in [-0.39, 0.29) is 18.1 Å². The van der Waals surface area contributed by atoms with E-state index in [2.05, 4.69) is 18.9 Å². The van der Waals surface area contributed by atoms with Gasteiger partial charge in [0.05, 0.1) is 23.6 Å². The number of likely N-dealkylation sites (tertiary alicyclic amines) is 1. The quantitative estimate of drug-likeness (QED) is 0.874. The smallest absolute Gasteiger partial charge is 0.257 e. The van der Waals surface area contributed by atoms with Crippen molar-refractivity contribution in [2.45, 2.75) is 44.8 Å². The molecule has 0 spiro atoms. The molecule has 0 atom stereocenters. The zero-order valence-corrected chi connectivity index (χ0v) is 10.8. The summed E-state index contributed by atoms with van der Waals surface area (Å²) >= 11 is 0. The predicted octanol–water partition coefficient (Wildman–Crippen LogP) is 1.16. The van der Waals surface area contributed by atoms with Gasteiger partial charge >= 0.3 is 0 Å². The summed E-state index contributed by atoms with van der Waals surface area (Å²) in [6.07, 6.45) is 3.65. The maximum Gasteiger partial charge on any atom is 0.257 e. The molecule has 0 aromatic carbocycles. The summed E-state index contributed by atoms with van der Waals surface area (Å²) in [5, 5.41) is 13.6. The number of carbonyl (C=O) groups is 1. The fraction of sp³-hybridized carbons (Fsp3) is 0.692. The first-order valence-electron chi connectivity index (χ1n) is 6.62. The third-order valence-electron chi connectivity index (χ3n) is 3.67. The number of rotatable bonds is 3. The minimum atomic E-state index is -0.349. The highest BCUT2D eigenvalue weighted by molar-refractivity contribution is 5.96. The largest absolute Gasteiger partial charge is 0.389 e. The lowest BCUT2D eigenvalue weighted by atomic mass is 10.1. The Hall–Kier alpha value is -1.36. The number of aliphatic hydroxyl groups excluding tert-OH is 1. The fourth-order valence-corrected chi connectivity index (χ4v) is 2.50. The lowest BCUT2D eigenvalue weighted by molar-refractivity contribution is 0.00580. The van der Waals surface area contributed by atoms with E-state index in [0.29, 0.717) is 19.0 Å². The van der Waals surface area contributed by atoms with E-state index in [1.54, 1.807) is 11.1 Å². The molecule has 5 heteroatoms. The number of nitrogens with zero attached hydrogens (tertiary/aromatic N) is 3. The minimum absolute atomic E-state index is 0.0223. The lowest BCUT2D eigenvalue weighted by Gasteiger charge is -2.35. The Balaban J connectivity index is 1.89. The molecule has 1 aromatic rings. The molecule has 18 heavy (non-hydrogen) atoms. The van der Waals surface area contributed by atoms with Crippen molar-refractivity contribution in [2.24, 2.45) is 0 Å². The van der Waals surface area contributed by atoms with Crippen molar-refractivity contribution in [3.63, 3.8) is 0 Å². The highest BCUT2D eigenvalue weighted by Crippen LogP contribution is 2.42. The number of hydrogen-bond donors (Lipinski definition) is 1. The van der Waals surface area contributed by atoms with Crippen molar-refractivity contribution in [2.75, 3.05) is 13.1 Å². The van der Waals surface area contributed by atoms with Crippen molar-refractivity contribution >= 4 is 5.91 Å². The van der Waals surface area contributed by atoms with E-state index in [1.807, 2.05) is 4.68 Å². The molecule has 1 saturated heterocycles. The highest BCUT2D eigenvalue weighted by atomic mass is 16.3. The van der Waals surface area contributed by atoms with E-state index < -0.39 is 0 Å². The average Bonchev–Trinajstić information content (AvgIpc) is 3.02. The molecule has 5 nitrogen and oxygen atoms in total. The van der Waals surface area contributed by atoms with Crippen LogP contribution in [0.4, 0.5) is 0 Å². The second-order valence-corrected chi connectivity index (χ2v) is 5.62. The van der Waals surface area contributed by atoms with Gasteiger partial charge in [0.25, 0.3) is 5.91 Å². The van der Waals surface area contributed by atoms with Crippen molar-refractivity contribution < 1.29 is 9.90 Å². The molecule has 2 aliphatic rings. The third kappa shape index (κ3) is 1.82. The van der Waals surface area contributed by atoms with Gasteiger partial charge in [0.1, 0.15) is 0 Å². The summed E-state index contributed by atoms with van der Waals surface area (Å²) in [5.41, 5.74) is 1.83. The van der Waals surface area contributed by atoms with Crippen LogP contribution in [0, 0.1) is 0 Å². The molecule has 2 fully saturated rings. The molecule has 1 aliphatic heterocycles. The van der Waals surface area contributed by atoms with E-state index in [0.717, 1.165) is 24.1 Å². The normalized spacial score (nSPS) is 20.3. The Labute approximate surface area is 106 Å². The summed E-state index contributed by atoms with van der Waals surface area (Å²) < 4.78 is 1.97. The van der Waals surface area contributed by atoms with Crippen LogP contribution in [-0.4, -0.2) is 44.9 Å². The number of aromatic nitrogens is 2. The van der Waals surface area contributed by atoms with Crippen LogP contribution in [0.1, 0.15) is 54.7 Å². The Kier molecular flexibility index (Phi) is 2.66. The monoisotopic (exact) mass is 249 g/mol. The van der Waals surface area contributed by atoms with E-state index in [9.17, 15) is 9.90 Å². The maximum atomic E-state index is 12.3.